The topological polar surface area (TPSA) is 85.2 Å². The number of aliphatic hydroxyl groups is 1. The van der Waals surface area contributed by atoms with E-state index in [0.29, 0.717) is 5.92 Å². The zero-order valence-electron chi connectivity index (χ0n) is 9.83. The maximum Gasteiger partial charge on any atom is 0.234 e. The smallest absolute Gasteiger partial charge is 0.234 e. The van der Waals surface area contributed by atoms with Crippen molar-refractivity contribution in [3.8, 4) is 6.07 Å². The first-order valence-corrected chi connectivity index (χ1v) is 5.69. The van der Waals surface area contributed by atoms with Gasteiger partial charge < -0.3 is 15.7 Å². The third kappa shape index (κ3) is 8.21. The van der Waals surface area contributed by atoms with Crippen LogP contribution >= 0.6 is 0 Å². The fourth-order valence-electron chi connectivity index (χ4n) is 1.53. The molecule has 1 amide bonds. The molecule has 0 heterocycles. The highest BCUT2D eigenvalue weighted by atomic mass is 16.3. The molecule has 0 aliphatic carbocycles. The van der Waals surface area contributed by atoms with Gasteiger partial charge in [0.2, 0.25) is 5.91 Å². The summed E-state index contributed by atoms with van der Waals surface area (Å²) in [6, 6.07) is 1.85. The first-order chi connectivity index (χ1) is 7.74. The second-order valence-corrected chi connectivity index (χ2v) is 3.73. The molecule has 0 aromatic heterocycles. The van der Waals surface area contributed by atoms with Crippen LogP contribution in [0.15, 0.2) is 0 Å². The van der Waals surface area contributed by atoms with Crippen molar-refractivity contribution in [2.24, 2.45) is 5.92 Å². The van der Waals surface area contributed by atoms with E-state index in [9.17, 15) is 4.79 Å². The molecule has 0 fully saturated rings. The Kier molecular flexibility index (Phi) is 9.67. The molecule has 0 bridgehead atoms. The number of rotatable bonds is 9. The lowest BCUT2D eigenvalue weighted by atomic mass is 10.0. The molecule has 0 aromatic carbocycles. The van der Waals surface area contributed by atoms with Gasteiger partial charge in [-0.05, 0) is 25.3 Å². The zero-order chi connectivity index (χ0) is 12.2. The molecule has 1 unspecified atom stereocenters. The van der Waals surface area contributed by atoms with Crippen molar-refractivity contribution in [2.75, 3.05) is 26.2 Å². The Morgan fingerprint density at radius 2 is 2.25 bits per heavy atom. The van der Waals surface area contributed by atoms with Crippen LogP contribution in [-0.2, 0) is 4.79 Å². The fourth-order valence-corrected chi connectivity index (χ4v) is 1.53. The number of amides is 1. The highest BCUT2D eigenvalue weighted by molar-refractivity contribution is 5.78. The Morgan fingerprint density at radius 1 is 1.50 bits per heavy atom. The van der Waals surface area contributed by atoms with Crippen molar-refractivity contribution < 1.29 is 9.90 Å². The van der Waals surface area contributed by atoms with Crippen molar-refractivity contribution in [1.82, 2.24) is 10.6 Å². The maximum atomic E-state index is 11.1. The van der Waals surface area contributed by atoms with Gasteiger partial charge >= 0.3 is 0 Å². The highest BCUT2D eigenvalue weighted by Gasteiger charge is 2.07. The van der Waals surface area contributed by atoms with E-state index in [-0.39, 0.29) is 25.6 Å². The summed E-state index contributed by atoms with van der Waals surface area (Å²) < 4.78 is 0. The van der Waals surface area contributed by atoms with Gasteiger partial charge in [0.25, 0.3) is 0 Å². The molecule has 3 N–H and O–H groups in total. The van der Waals surface area contributed by atoms with Gasteiger partial charge in [-0.2, -0.15) is 5.26 Å². The van der Waals surface area contributed by atoms with Crippen molar-refractivity contribution in [3.63, 3.8) is 0 Å². The summed E-state index contributed by atoms with van der Waals surface area (Å²) in [7, 11) is 0. The van der Waals surface area contributed by atoms with Crippen LogP contribution in [0.4, 0.5) is 0 Å². The normalized spacial score (nSPS) is 11.8. The summed E-state index contributed by atoms with van der Waals surface area (Å²) >= 11 is 0. The molecule has 92 valence electrons. The summed E-state index contributed by atoms with van der Waals surface area (Å²) in [6.07, 6.45) is 2.89. The minimum Gasteiger partial charge on any atom is -0.396 e. The minimum atomic E-state index is -0.166. The third-order valence-electron chi connectivity index (χ3n) is 2.32. The second-order valence-electron chi connectivity index (χ2n) is 3.73. The molecule has 0 saturated carbocycles. The van der Waals surface area contributed by atoms with Crippen LogP contribution in [0.25, 0.3) is 0 Å². The lowest BCUT2D eigenvalue weighted by molar-refractivity contribution is -0.120. The summed E-state index contributed by atoms with van der Waals surface area (Å²) in [5.74, 6) is 0.250. The lowest BCUT2D eigenvalue weighted by Crippen LogP contribution is -2.36. The minimum absolute atomic E-state index is 0.0511. The van der Waals surface area contributed by atoms with Crippen LogP contribution in [0.5, 0.6) is 0 Å². The Bertz CT molecular complexity index is 220. The lowest BCUT2D eigenvalue weighted by Gasteiger charge is -2.15. The molecule has 0 aliphatic heterocycles. The first-order valence-electron chi connectivity index (χ1n) is 5.69. The highest BCUT2D eigenvalue weighted by Crippen LogP contribution is 2.08. The predicted octanol–water partition coefficient (Wildman–Crippen LogP) is 0.0145. The van der Waals surface area contributed by atoms with Crippen molar-refractivity contribution >= 4 is 5.91 Å². The monoisotopic (exact) mass is 227 g/mol. The standard InChI is InChI=1S/C11H21N3O2/c1-2-3-10(4-7-15)8-13-9-11(16)14-6-5-12/h10,13,15H,2-4,6-9H2,1H3,(H,14,16). The quantitative estimate of drug-likeness (QED) is 0.485. The van der Waals surface area contributed by atoms with Crippen LogP contribution in [-0.4, -0.2) is 37.3 Å². The number of nitrogens with zero attached hydrogens (tertiary/aromatic N) is 1. The van der Waals surface area contributed by atoms with Gasteiger partial charge in [0.15, 0.2) is 0 Å². The molecule has 0 aromatic rings. The number of nitrogens with one attached hydrogen (secondary N) is 2. The molecule has 16 heavy (non-hydrogen) atoms. The number of nitriles is 1. The van der Waals surface area contributed by atoms with E-state index in [1.807, 2.05) is 6.07 Å². The molecule has 0 aliphatic rings. The first kappa shape index (κ1) is 14.9. The van der Waals surface area contributed by atoms with Crippen molar-refractivity contribution in [3.05, 3.63) is 0 Å². The summed E-state index contributed by atoms with van der Waals surface area (Å²) in [5, 5.41) is 22.6. The Hall–Kier alpha value is -1.12. The molecule has 5 nitrogen and oxygen atoms in total. The summed E-state index contributed by atoms with van der Waals surface area (Å²) in [6.45, 7) is 3.30. The van der Waals surface area contributed by atoms with Gasteiger partial charge in [0.1, 0.15) is 6.54 Å². The van der Waals surface area contributed by atoms with E-state index >= 15 is 0 Å². The molecule has 0 spiro atoms. The predicted molar refractivity (Wildman–Crippen MR) is 61.6 cm³/mol. The SMILES string of the molecule is CCCC(CCO)CNCC(=O)NCC#N. The number of carbonyl (C=O) groups excluding carboxylic acids is 1. The Morgan fingerprint density at radius 3 is 2.81 bits per heavy atom. The largest absolute Gasteiger partial charge is 0.396 e. The van der Waals surface area contributed by atoms with Gasteiger partial charge in [-0.25, -0.2) is 0 Å². The van der Waals surface area contributed by atoms with E-state index in [4.69, 9.17) is 10.4 Å². The Balaban J connectivity index is 3.60. The van der Waals surface area contributed by atoms with Crippen LogP contribution in [0, 0.1) is 17.2 Å². The van der Waals surface area contributed by atoms with Crippen LogP contribution < -0.4 is 10.6 Å². The van der Waals surface area contributed by atoms with Gasteiger partial charge in [0.05, 0.1) is 12.6 Å². The number of aliphatic hydroxyl groups excluding tert-OH is 1. The van der Waals surface area contributed by atoms with Gasteiger partial charge in [0, 0.05) is 6.61 Å². The van der Waals surface area contributed by atoms with Gasteiger partial charge in [-0.1, -0.05) is 13.3 Å². The number of hydrogen-bond donors (Lipinski definition) is 3. The molecular formula is C11H21N3O2. The van der Waals surface area contributed by atoms with E-state index < -0.39 is 0 Å². The molecule has 0 rings (SSSR count). The fraction of sp³-hybridized carbons (Fsp3) is 0.818. The molecule has 0 saturated heterocycles. The zero-order valence-corrected chi connectivity index (χ0v) is 9.83. The number of hydrogen-bond acceptors (Lipinski definition) is 4. The molecule has 5 heteroatoms. The maximum absolute atomic E-state index is 11.1. The average Bonchev–Trinajstić information content (AvgIpc) is 2.27. The molecule has 0 radical (unpaired) electrons. The number of carbonyl (C=O) groups is 1. The second kappa shape index (κ2) is 10.4. The van der Waals surface area contributed by atoms with Gasteiger partial charge in [-0.3, -0.25) is 4.79 Å². The van der Waals surface area contributed by atoms with E-state index in [0.717, 1.165) is 25.8 Å². The van der Waals surface area contributed by atoms with E-state index in [1.54, 1.807) is 0 Å². The third-order valence-corrected chi connectivity index (χ3v) is 2.32. The molecule has 1 atom stereocenters. The van der Waals surface area contributed by atoms with Crippen molar-refractivity contribution in [2.45, 2.75) is 26.2 Å². The molecular weight excluding hydrogens is 206 g/mol. The summed E-state index contributed by atoms with van der Waals surface area (Å²) in [5.41, 5.74) is 0. The van der Waals surface area contributed by atoms with Gasteiger partial charge in [-0.15, -0.1) is 0 Å². The van der Waals surface area contributed by atoms with E-state index in [1.165, 1.54) is 0 Å². The van der Waals surface area contributed by atoms with Crippen molar-refractivity contribution in [1.29, 1.82) is 5.26 Å². The van der Waals surface area contributed by atoms with Crippen LogP contribution in [0.2, 0.25) is 0 Å². The summed E-state index contributed by atoms with van der Waals surface area (Å²) in [4.78, 5) is 11.1. The van der Waals surface area contributed by atoms with E-state index in [2.05, 4.69) is 17.6 Å². The van der Waals surface area contributed by atoms with Crippen LogP contribution in [0.3, 0.4) is 0 Å². The van der Waals surface area contributed by atoms with Crippen LogP contribution in [0.1, 0.15) is 26.2 Å². The Labute approximate surface area is 96.8 Å². The average molecular weight is 227 g/mol.